The van der Waals surface area contributed by atoms with E-state index in [4.69, 9.17) is 21.1 Å². The molecule has 30 heavy (non-hydrogen) atoms. The van der Waals surface area contributed by atoms with E-state index in [1.165, 1.54) is 0 Å². The summed E-state index contributed by atoms with van der Waals surface area (Å²) < 4.78 is 10.8. The summed E-state index contributed by atoms with van der Waals surface area (Å²) in [5.41, 5.74) is 2.26. The molecule has 6 nitrogen and oxygen atoms in total. The molecule has 0 unspecified atom stereocenters. The molecule has 1 N–H and O–H groups in total. The van der Waals surface area contributed by atoms with Gasteiger partial charge in [-0.2, -0.15) is 0 Å². The highest BCUT2D eigenvalue weighted by Gasteiger charge is 2.19. The van der Waals surface area contributed by atoms with Crippen LogP contribution in [0.5, 0.6) is 0 Å². The lowest BCUT2D eigenvalue weighted by atomic mass is 10.0. The largest absolute Gasteiger partial charge is 0.452 e. The summed E-state index contributed by atoms with van der Waals surface area (Å²) in [6.07, 6.45) is 1.96. The van der Waals surface area contributed by atoms with Gasteiger partial charge in [0.2, 0.25) is 0 Å². The van der Waals surface area contributed by atoms with Gasteiger partial charge in [-0.1, -0.05) is 48.0 Å². The molecule has 4 rings (SSSR count). The number of ether oxygens (including phenoxy) is 2. The smallest absolute Gasteiger partial charge is 0.339 e. The maximum atomic E-state index is 12.8. The Balaban J connectivity index is 1.52. The predicted octanol–water partition coefficient (Wildman–Crippen LogP) is 4.01. The predicted molar refractivity (Wildman–Crippen MR) is 114 cm³/mol. The minimum atomic E-state index is -0.589. The van der Waals surface area contributed by atoms with Crippen molar-refractivity contribution < 1.29 is 19.1 Å². The van der Waals surface area contributed by atoms with Crippen molar-refractivity contribution in [3.63, 3.8) is 0 Å². The molecule has 154 valence electrons. The van der Waals surface area contributed by atoms with Crippen molar-refractivity contribution in [2.45, 2.75) is 18.9 Å². The fraction of sp³-hybridized carbons (Fsp3) is 0.261. The SMILES string of the molecule is O=C(COC(=O)c1cc(-c2ccccc2Cl)nc2ccccc12)NC[C@H]1CCCO1. The zero-order valence-electron chi connectivity index (χ0n) is 16.3. The molecule has 0 saturated carbocycles. The van der Waals surface area contributed by atoms with E-state index in [0.717, 1.165) is 19.4 Å². The van der Waals surface area contributed by atoms with Gasteiger partial charge >= 0.3 is 5.97 Å². The number of amides is 1. The summed E-state index contributed by atoms with van der Waals surface area (Å²) in [6.45, 7) is 0.785. The first kappa shape index (κ1) is 20.3. The Kier molecular flexibility index (Phi) is 6.26. The van der Waals surface area contributed by atoms with Gasteiger partial charge in [-0.15, -0.1) is 0 Å². The number of aromatic nitrogens is 1. The fourth-order valence-electron chi connectivity index (χ4n) is 3.44. The highest BCUT2D eigenvalue weighted by atomic mass is 35.5. The van der Waals surface area contributed by atoms with Crippen LogP contribution in [0.2, 0.25) is 5.02 Å². The summed E-state index contributed by atoms with van der Waals surface area (Å²) in [5.74, 6) is -0.947. The number of rotatable bonds is 6. The van der Waals surface area contributed by atoms with Crippen LogP contribution in [0.4, 0.5) is 0 Å². The van der Waals surface area contributed by atoms with Crippen LogP contribution in [0.1, 0.15) is 23.2 Å². The Labute approximate surface area is 179 Å². The van der Waals surface area contributed by atoms with Crippen LogP contribution in [0.25, 0.3) is 22.2 Å². The van der Waals surface area contributed by atoms with Crippen LogP contribution in [-0.2, 0) is 14.3 Å². The number of carbonyl (C=O) groups excluding carboxylic acids is 2. The van der Waals surface area contributed by atoms with Crippen molar-refractivity contribution in [2.24, 2.45) is 0 Å². The van der Waals surface area contributed by atoms with Crippen molar-refractivity contribution >= 4 is 34.4 Å². The summed E-state index contributed by atoms with van der Waals surface area (Å²) in [7, 11) is 0. The topological polar surface area (TPSA) is 77.5 Å². The summed E-state index contributed by atoms with van der Waals surface area (Å²) in [5, 5.41) is 3.93. The molecule has 1 fully saturated rings. The van der Waals surface area contributed by atoms with Crippen molar-refractivity contribution in [3.05, 3.63) is 65.2 Å². The number of nitrogens with one attached hydrogen (secondary N) is 1. The number of hydrogen-bond acceptors (Lipinski definition) is 5. The van der Waals surface area contributed by atoms with Crippen LogP contribution in [0, 0.1) is 0 Å². The first-order valence-corrected chi connectivity index (χ1v) is 10.2. The molecule has 2 heterocycles. The number of esters is 1. The standard InChI is InChI=1S/C23H21ClN2O4/c24-19-9-3-1-8-17(19)21-12-18(16-7-2-4-10-20(16)26-21)23(28)30-14-22(27)25-13-15-6-5-11-29-15/h1-4,7-10,12,15H,5-6,11,13-14H2,(H,25,27)/t15-/m1/s1. The summed E-state index contributed by atoms with van der Waals surface area (Å²) >= 11 is 6.31. The van der Waals surface area contributed by atoms with Crippen molar-refractivity contribution in [1.82, 2.24) is 10.3 Å². The molecule has 1 atom stereocenters. The molecule has 0 spiro atoms. The first-order valence-electron chi connectivity index (χ1n) is 9.82. The number of fused-ring (bicyclic) bond motifs is 1. The Morgan fingerprint density at radius 1 is 1.17 bits per heavy atom. The fourth-order valence-corrected chi connectivity index (χ4v) is 3.68. The monoisotopic (exact) mass is 424 g/mol. The van der Waals surface area contributed by atoms with Gasteiger partial charge in [-0.25, -0.2) is 9.78 Å². The quantitative estimate of drug-likeness (QED) is 0.605. The molecule has 1 aliphatic rings. The third-order valence-corrected chi connectivity index (χ3v) is 5.30. The van der Waals surface area contributed by atoms with Gasteiger partial charge < -0.3 is 14.8 Å². The minimum Gasteiger partial charge on any atom is -0.452 e. The van der Waals surface area contributed by atoms with E-state index in [0.29, 0.717) is 39.3 Å². The van der Waals surface area contributed by atoms with Crippen molar-refractivity contribution in [2.75, 3.05) is 19.8 Å². The number of nitrogens with zero attached hydrogens (tertiary/aromatic N) is 1. The molecule has 1 amide bonds. The average molecular weight is 425 g/mol. The molecule has 3 aromatic rings. The van der Waals surface area contributed by atoms with Gasteiger partial charge in [-0.3, -0.25) is 4.79 Å². The Hall–Kier alpha value is -2.96. The second-order valence-electron chi connectivity index (χ2n) is 7.07. The van der Waals surface area contributed by atoms with E-state index in [2.05, 4.69) is 10.3 Å². The molecule has 1 aliphatic heterocycles. The minimum absolute atomic E-state index is 0.0342. The summed E-state index contributed by atoms with van der Waals surface area (Å²) in [4.78, 5) is 29.5. The van der Waals surface area contributed by atoms with Crippen LogP contribution >= 0.6 is 11.6 Å². The Morgan fingerprint density at radius 3 is 2.77 bits per heavy atom. The number of carbonyl (C=O) groups is 2. The van der Waals surface area contributed by atoms with Crippen LogP contribution in [-0.4, -0.2) is 42.7 Å². The van der Waals surface area contributed by atoms with Crippen molar-refractivity contribution in [1.29, 1.82) is 0 Å². The Morgan fingerprint density at radius 2 is 1.97 bits per heavy atom. The van der Waals surface area contributed by atoms with Crippen LogP contribution in [0.15, 0.2) is 54.6 Å². The molecule has 1 aromatic heterocycles. The zero-order chi connectivity index (χ0) is 20.9. The van der Waals surface area contributed by atoms with Crippen LogP contribution in [0.3, 0.4) is 0 Å². The van der Waals surface area contributed by atoms with Crippen molar-refractivity contribution in [3.8, 4) is 11.3 Å². The highest BCUT2D eigenvalue weighted by molar-refractivity contribution is 6.33. The first-order chi connectivity index (χ1) is 14.6. The maximum absolute atomic E-state index is 12.8. The number of para-hydroxylation sites is 1. The third-order valence-electron chi connectivity index (χ3n) is 4.97. The van der Waals surface area contributed by atoms with E-state index in [1.54, 1.807) is 18.2 Å². The second kappa shape index (κ2) is 9.24. The van der Waals surface area contributed by atoms with Crippen LogP contribution < -0.4 is 5.32 Å². The average Bonchev–Trinajstić information content (AvgIpc) is 3.29. The van der Waals surface area contributed by atoms with Gasteiger partial charge in [0, 0.05) is 29.1 Å². The second-order valence-corrected chi connectivity index (χ2v) is 7.47. The molecular weight excluding hydrogens is 404 g/mol. The van der Waals surface area contributed by atoms with Gasteiger partial charge in [0.15, 0.2) is 6.61 Å². The van der Waals surface area contributed by atoms with E-state index < -0.39 is 5.97 Å². The van der Waals surface area contributed by atoms with E-state index in [1.807, 2.05) is 36.4 Å². The lowest BCUT2D eigenvalue weighted by molar-refractivity contribution is -0.124. The Bertz CT molecular complexity index is 1080. The lowest BCUT2D eigenvalue weighted by Crippen LogP contribution is -2.34. The number of benzene rings is 2. The number of hydrogen-bond donors (Lipinski definition) is 1. The van der Waals surface area contributed by atoms with E-state index >= 15 is 0 Å². The van der Waals surface area contributed by atoms with Gasteiger partial charge in [-0.05, 0) is 31.0 Å². The number of halogens is 1. The van der Waals surface area contributed by atoms with E-state index in [-0.39, 0.29) is 18.6 Å². The number of pyridine rings is 1. The molecular formula is C23H21ClN2O4. The third kappa shape index (κ3) is 4.61. The summed E-state index contributed by atoms with van der Waals surface area (Å²) in [6, 6.07) is 16.2. The molecule has 7 heteroatoms. The van der Waals surface area contributed by atoms with Gasteiger partial charge in [0.05, 0.1) is 22.9 Å². The molecule has 0 bridgehead atoms. The van der Waals surface area contributed by atoms with Gasteiger partial charge in [0.1, 0.15) is 0 Å². The normalized spacial score (nSPS) is 15.8. The molecule has 0 radical (unpaired) electrons. The lowest BCUT2D eigenvalue weighted by Gasteiger charge is -2.12. The highest BCUT2D eigenvalue weighted by Crippen LogP contribution is 2.30. The maximum Gasteiger partial charge on any atom is 0.339 e. The zero-order valence-corrected chi connectivity index (χ0v) is 17.0. The molecule has 2 aromatic carbocycles. The van der Waals surface area contributed by atoms with Gasteiger partial charge in [0.25, 0.3) is 5.91 Å². The molecule has 1 saturated heterocycles. The van der Waals surface area contributed by atoms with E-state index in [9.17, 15) is 9.59 Å². The molecule has 0 aliphatic carbocycles.